The molecule has 0 unspecified atom stereocenters. The first-order valence-electron chi connectivity index (χ1n) is 7.56. The van der Waals surface area contributed by atoms with Crippen molar-refractivity contribution >= 4 is 66.5 Å². The van der Waals surface area contributed by atoms with Crippen molar-refractivity contribution < 1.29 is 22.7 Å². The number of hydrogen-bond acceptors (Lipinski definition) is 5. The van der Waals surface area contributed by atoms with Gasteiger partial charge in [-0.2, -0.15) is 0 Å². The van der Waals surface area contributed by atoms with Crippen LogP contribution in [0.4, 0.5) is 5.69 Å². The fourth-order valence-electron chi connectivity index (χ4n) is 1.97. The van der Waals surface area contributed by atoms with Crippen molar-refractivity contribution in [3.63, 3.8) is 0 Å². The molecule has 1 amide bonds. The van der Waals surface area contributed by atoms with Gasteiger partial charge in [-0.05, 0) is 58.4 Å². The molecule has 0 bridgehead atoms. The minimum Gasteiger partial charge on any atom is -0.456 e. The van der Waals surface area contributed by atoms with Gasteiger partial charge in [-0.3, -0.25) is 9.59 Å². The van der Waals surface area contributed by atoms with E-state index in [4.69, 9.17) is 27.9 Å². The minimum atomic E-state index is -3.65. The van der Waals surface area contributed by atoms with Crippen molar-refractivity contribution in [1.82, 2.24) is 0 Å². The number of carbonyl (C=O) groups excluding carboxylic acids is 2. The predicted molar refractivity (Wildman–Crippen MR) is 107 cm³/mol. The maximum Gasteiger partial charge on any atom is 0.307 e. The van der Waals surface area contributed by atoms with Crippen LogP contribution in [0.2, 0.25) is 10.0 Å². The second-order valence-corrected chi connectivity index (χ2v) is 9.17. The van der Waals surface area contributed by atoms with Crippen LogP contribution in [0.3, 0.4) is 0 Å². The molecule has 0 fully saturated rings. The lowest BCUT2D eigenvalue weighted by Gasteiger charge is -2.08. The van der Waals surface area contributed by atoms with E-state index in [1.54, 1.807) is 12.1 Å². The fraction of sp³-hybridized carbons (Fsp3) is 0.176. The molecule has 0 atom stereocenters. The van der Waals surface area contributed by atoms with E-state index in [9.17, 15) is 18.0 Å². The standard InChI is InChI=1S/C17H14BrCl2NO5S/c18-14-6-3-12(9-15(14)20)21-16(22)10-26-17(23)7-8-27(24,25)13-4-1-11(19)2-5-13/h1-6,9H,7-8,10H2,(H,21,22). The van der Waals surface area contributed by atoms with Crippen LogP contribution in [0.25, 0.3) is 0 Å². The number of halogens is 3. The molecule has 6 nitrogen and oxygen atoms in total. The molecular formula is C17H14BrCl2NO5S. The zero-order chi connectivity index (χ0) is 20.0. The molecule has 0 saturated carbocycles. The third-order valence-corrected chi connectivity index (χ3v) is 6.53. The Morgan fingerprint density at radius 2 is 1.74 bits per heavy atom. The van der Waals surface area contributed by atoms with Gasteiger partial charge in [0.05, 0.1) is 22.1 Å². The molecule has 0 aliphatic carbocycles. The van der Waals surface area contributed by atoms with Crippen molar-refractivity contribution in [3.8, 4) is 0 Å². The van der Waals surface area contributed by atoms with Gasteiger partial charge in [-0.1, -0.05) is 23.2 Å². The van der Waals surface area contributed by atoms with Gasteiger partial charge in [0, 0.05) is 15.2 Å². The van der Waals surface area contributed by atoms with Crippen molar-refractivity contribution in [2.24, 2.45) is 0 Å². The predicted octanol–water partition coefficient (Wildman–Crippen LogP) is 4.10. The maximum absolute atomic E-state index is 12.1. The number of esters is 1. The highest BCUT2D eigenvalue weighted by Crippen LogP contribution is 2.25. The van der Waals surface area contributed by atoms with Gasteiger partial charge in [-0.15, -0.1) is 0 Å². The first-order chi connectivity index (χ1) is 12.7. The summed E-state index contributed by atoms with van der Waals surface area (Å²) in [7, 11) is -3.65. The minimum absolute atomic E-state index is 0.0598. The van der Waals surface area contributed by atoms with Crippen LogP contribution in [-0.2, 0) is 24.2 Å². The SMILES string of the molecule is O=C(COC(=O)CCS(=O)(=O)c1ccc(Cl)cc1)Nc1ccc(Br)c(Cl)c1. The van der Waals surface area contributed by atoms with Crippen LogP contribution in [0.15, 0.2) is 51.8 Å². The summed E-state index contributed by atoms with van der Waals surface area (Å²) < 4.78 is 29.8. The molecule has 0 aromatic heterocycles. The molecule has 27 heavy (non-hydrogen) atoms. The topological polar surface area (TPSA) is 89.5 Å². The Kier molecular flexibility index (Phi) is 7.67. The lowest BCUT2D eigenvalue weighted by Crippen LogP contribution is -2.22. The Morgan fingerprint density at radius 3 is 2.37 bits per heavy atom. The molecule has 1 N–H and O–H groups in total. The number of hydrogen-bond donors (Lipinski definition) is 1. The highest BCUT2D eigenvalue weighted by atomic mass is 79.9. The first-order valence-corrected chi connectivity index (χ1v) is 10.8. The number of anilines is 1. The van der Waals surface area contributed by atoms with Crippen LogP contribution in [0.5, 0.6) is 0 Å². The van der Waals surface area contributed by atoms with E-state index in [-0.39, 0.29) is 11.3 Å². The summed E-state index contributed by atoms with van der Waals surface area (Å²) in [6.07, 6.45) is -0.373. The van der Waals surface area contributed by atoms with Gasteiger partial charge >= 0.3 is 5.97 Å². The Balaban J connectivity index is 1.80. The third-order valence-electron chi connectivity index (χ3n) is 3.32. The molecule has 2 aromatic rings. The summed E-state index contributed by atoms with van der Waals surface area (Å²) in [5, 5.41) is 3.34. The normalized spacial score (nSPS) is 11.1. The van der Waals surface area contributed by atoms with Crippen molar-refractivity contribution in [1.29, 1.82) is 0 Å². The quantitative estimate of drug-likeness (QED) is 0.585. The van der Waals surface area contributed by atoms with Gasteiger partial charge < -0.3 is 10.1 Å². The largest absolute Gasteiger partial charge is 0.456 e. The average Bonchev–Trinajstić information content (AvgIpc) is 2.62. The number of benzene rings is 2. The number of carbonyl (C=O) groups is 2. The molecule has 10 heteroatoms. The highest BCUT2D eigenvalue weighted by Gasteiger charge is 2.17. The van der Waals surface area contributed by atoms with Crippen LogP contribution in [0.1, 0.15) is 6.42 Å². The van der Waals surface area contributed by atoms with E-state index in [0.717, 1.165) is 0 Å². The molecule has 0 aliphatic rings. The van der Waals surface area contributed by atoms with E-state index in [0.29, 0.717) is 20.2 Å². The van der Waals surface area contributed by atoms with E-state index in [1.165, 1.54) is 30.3 Å². The average molecular weight is 495 g/mol. The van der Waals surface area contributed by atoms with Crippen LogP contribution in [-0.4, -0.2) is 32.7 Å². The van der Waals surface area contributed by atoms with E-state index >= 15 is 0 Å². The summed E-state index contributed by atoms with van der Waals surface area (Å²) in [6.45, 7) is -0.534. The van der Waals surface area contributed by atoms with Crippen molar-refractivity contribution in [2.45, 2.75) is 11.3 Å². The zero-order valence-electron chi connectivity index (χ0n) is 13.7. The fourth-order valence-corrected chi connectivity index (χ4v) is 3.74. The molecule has 0 spiro atoms. The summed E-state index contributed by atoms with van der Waals surface area (Å²) in [5.41, 5.74) is 0.439. The summed E-state index contributed by atoms with van der Waals surface area (Å²) >= 11 is 14.9. The first kappa shape index (κ1) is 21.7. The Morgan fingerprint density at radius 1 is 1.07 bits per heavy atom. The van der Waals surface area contributed by atoms with E-state index in [2.05, 4.69) is 21.2 Å². The lowest BCUT2D eigenvalue weighted by molar-refractivity contribution is -0.146. The summed E-state index contributed by atoms with van der Waals surface area (Å²) in [4.78, 5) is 23.6. The highest BCUT2D eigenvalue weighted by molar-refractivity contribution is 9.10. The van der Waals surface area contributed by atoms with Crippen LogP contribution in [0, 0.1) is 0 Å². The Labute approximate surface area is 174 Å². The van der Waals surface area contributed by atoms with Gasteiger partial charge in [0.15, 0.2) is 16.4 Å². The van der Waals surface area contributed by atoms with Crippen molar-refractivity contribution in [2.75, 3.05) is 17.7 Å². The van der Waals surface area contributed by atoms with Crippen LogP contribution >= 0.6 is 39.1 Å². The number of amides is 1. The molecule has 0 aliphatic heterocycles. The molecule has 0 radical (unpaired) electrons. The summed E-state index contributed by atoms with van der Waals surface area (Å²) in [6, 6.07) is 10.4. The zero-order valence-corrected chi connectivity index (χ0v) is 17.7. The van der Waals surface area contributed by atoms with Crippen LogP contribution < -0.4 is 5.32 Å². The monoisotopic (exact) mass is 493 g/mol. The summed E-state index contributed by atoms with van der Waals surface area (Å²) in [5.74, 6) is -1.80. The molecule has 0 saturated heterocycles. The Hall–Kier alpha value is -1.61. The Bertz CT molecular complexity index is 948. The van der Waals surface area contributed by atoms with Gasteiger partial charge in [-0.25, -0.2) is 8.42 Å². The van der Waals surface area contributed by atoms with E-state index < -0.39 is 34.1 Å². The van der Waals surface area contributed by atoms with E-state index in [1.807, 2.05) is 0 Å². The molecule has 144 valence electrons. The number of rotatable bonds is 7. The second-order valence-electron chi connectivity index (χ2n) is 5.36. The van der Waals surface area contributed by atoms with Crippen molar-refractivity contribution in [3.05, 3.63) is 57.0 Å². The van der Waals surface area contributed by atoms with Gasteiger partial charge in [0.1, 0.15) is 0 Å². The van der Waals surface area contributed by atoms with Gasteiger partial charge in [0.2, 0.25) is 0 Å². The maximum atomic E-state index is 12.1. The molecule has 0 heterocycles. The number of sulfone groups is 1. The molecular weight excluding hydrogens is 481 g/mol. The smallest absolute Gasteiger partial charge is 0.307 e. The van der Waals surface area contributed by atoms with Gasteiger partial charge in [0.25, 0.3) is 5.91 Å². The number of nitrogens with one attached hydrogen (secondary N) is 1. The molecule has 2 aromatic carbocycles. The third kappa shape index (κ3) is 6.80. The lowest BCUT2D eigenvalue weighted by atomic mass is 10.3. The molecule has 2 rings (SSSR count). The number of ether oxygens (including phenoxy) is 1. The second kappa shape index (κ2) is 9.54.